The highest BCUT2D eigenvalue weighted by Gasteiger charge is 2.18. The summed E-state index contributed by atoms with van der Waals surface area (Å²) in [6.07, 6.45) is 1.64. The molecule has 3 nitrogen and oxygen atoms in total. The Hall–Kier alpha value is -1.13. The average Bonchev–Trinajstić information content (AvgIpc) is 2.33. The van der Waals surface area contributed by atoms with Crippen LogP contribution < -0.4 is 5.32 Å². The van der Waals surface area contributed by atoms with Crippen molar-refractivity contribution in [3.05, 3.63) is 45.8 Å². The van der Waals surface area contributed by atoms with Crippen LogP contribution in [0, 0.1) is 0 Å². The number of para-hydroxylation sites is 1. The zero-order valence-electron chi connectivity index (χ0n) is 11.0. The molecule has 0 aliphatic carbocycles. The molecule has 1 aromatic carbocycles. The van der Waals surface area contributed by atoms with Crippen molar-refractivity contribution in [2.45, 2.75) is 26.2 Å². The van der Waals surface area contributed by atoms with Gasteiger partial charge in [-0.25, -0.2) is 4.98 Å². The van der Waals surface area contributed by atoms with Gasteiger partial charge in [-0.05, 0) is 44.6 Å². The molecule has 0 aliphatic heterocycles. The fourth-order valence-corrected chi connectivity index (χ4v) is 2.23. The lowest BCUT2D eigenvalue weighted by Gasteiger charge is -2.23. The van der Waals surface area contributed by atoms with Gasteiger partial charge in [-0.2, -0.15) is 4.98 Å². The Balaban J connectivity index is 2.41. The summed E-state index contributed by atoms with van der Waals surface area (Å²) in [7, 11) is 0. The van der Waals surface area contributed by atoms with E-state index in [0.717, 1.165) is 10.2 Å². The minimum Gasteiger partial charge on any atom is -0.339 e. The highest BCUT2D eigenvalue weighted by molar-refractivity contribution is 9.10. The molecular weight excluding hydrogens is 326 g/mol. The van der Waals surface area contributed by atoms with E-state index in [9.17, 15) is 0 Å². The van der Waals surface area contributed by atoms with E-state index < -0.39 is 0 Å². The van der Waals surface area contributed by atoms with Gasteiger partial charge in [-0.1, -0.05) is 39.0 Å². The van der Waals surface area contributed by atoms with Crippen LogP contribution in [0.5, 0.6) is 0 Å². The van der Waals surface area contributed by atoms with Crippen molar-refractivity contribution in [3.63, 3.8) is 0 Å². The van der Waals surface area contributed by atoms with Crippen molar-refractivity contribution in [2.24, 2.45) is 0 Å². The fraction of sp³-hybridized carbons (Fsp3) is 0.286. The van der Waals surface area contributed by atoms with Gasteiger partial charge in [0, 0.05) is 11.9 Å². The maximum Gasteiger partial charge on any atom is 0.224 e. The van der Waals surface area contributed by atoms with Gasteiger partial charge in [-0.3, -0.25) is 0 Å². The van der Waals surface area contributed by atoms with Crippen molar-refractivity contribution < 1.29 is 0 Å². The van der Waals surface area contributed by atoms with Crippen LogP contribution >= 0.6 is 27.5 Å². The number of nitrogens with one attached hydrogen (secondary N) is 1. The first-order valence-electron chi connectivity index (χ1n) is 5.92. The molecule has 2 aromatic rings. The Morgan fingerprint density at radius 3 is 2.58 bits per heavy atom. The Labute approximate surface area is 126 Å². The van der Waals surface area contributed by atoms with Gasteiger partial charge >= 0.3 is 0 Å². The van der Waals surface area contributed by atoms with E-state index >= 15 is 0 Å². The number of aromatic nitrogens is 2. The third kappa shape index (κ3) is 3.45. The van der Waals surface area contributed by atoms with Crippen LogP contribution in [0.15, 0.2) is 34.9 Å². The molecule has 0 unspecified atom stereocenters. The smallest absolute Gasteiger partial charge is 0.224 e. The van der Waals surface area contributed by atoms with Crippen LogP contribution in [0.4, 0.5) is 11.5 Å². The SMILES string of the molecule is CC(C)(C)c1ccccc1Nc1nc(Cl)ncc1Br. The summed E-state index contributed by atoms with van der Waals surface area (Å²) in [5, 5.41) is 3.53. The molecule has 5 heteroatoms. The number of halogens is 2. The molecule has 0 saturated carbocycles. The number of benzene rings is 1. The molecule has 1 aromatic heterocycles. The molecule has 0 atom stereocenters. The second-order valence-electron chi connectivity index (χ2n) is 5.26. The summed E-state index contributed by atoms with van der Waals surface area (Å²) >= 11 is 9.25. The largest absolute Gasteiger partial charge is 0.339 e. The fourth-order valence-electron chi connectivity index (χ4n) is 1.81. The topological polar surface area (TPSA) is 37.8 Å². The Bertz CT molecular complexity index is 593. The van der Waals surface area contributed by atoms with Gasteiger partial charge in [-0.15, -0.1) is 0 Å². The molecule has 0 bridgehead atoms. The normalized spacial score (nSPS) is 11.4. The van der Waals surface area contributed by atoms with Gasteiger partial charge in [0.15, 0.2) is 0 Å². The zero-order valence-corrected chi connectivity index (χ0v) is 13.4. The monoisotopic (exact) mass is 339 g/mol. The van der Waals surface area contributed by atoms with Gasteiger partial charge in [0.25, 0.3) is 0 Å². The lowest BCUT2D eigenvalue weighted by molar-refractivity contribution is 0.592. The van der Waals surface area contributed by atoms with E-state index in [0.29, 0.717) is 5.82 Å². The third-order valence-electron chi connectivity index (χ3n) is 2.70. The molecular formula is C14H15BrClN3. The summed E-state index contributed by atoms with van der Waals surface area (Å²) in [4.78, 5) is 8.11. The summed E-state index contributed by atoms with van der Waals surface area (Å²) in [5.41, 5.74) is 2.29. The van der Waals surface area contributed by atoms with Gasteiger partial charge < -0.3 is 5.32 Å². The number of hydrogen-bond acceptors (Lipinski definition) is 3. The molecule has 0 amide bonds. The van der Waals surface area contributed by atoms with Crippen molar-refractivity contribution in [2.75, 3.05) is 5.32 Å². The quantitative estimate of drug-likeness (QED) is 0.787. The molecule has 0 spiro atoms. The summed E-state index contributed by atoms with van der Waals surface area (Å²) in [6.45, 7) is 6.53. The van der Waals surface area contributed by atoms with Crippen molar-refractivity contribution in [3.8, 4) is 0 Å². The minimum absolute atomic E-state index is 0.0485. The van der Waals surface area contributed by atoms with E-state index in [2.05, 4.69) is 58.1 Å². The predicted octanol–water partition coefficient (Wildman–Crippen LogP) is 4.93. The van der Waals surface area contributed by atoms with Crippen LogP contribution in [0.3, 0.4) is 0 Å². The van der Waals surface area contributed by atoms with Crippen LogP contribution in [-0.2, 0) is 5.41 Å². The molecule has 19 heavy (non-hydrogen) atoms. The third-order valence-corrected chi connectivity index (χ3v) is 3.47. The molecule has 0 fully saturated rings. The van der Waals surface area contributed by atoms with Crippen LogP contribution in [-0.4, -0.2) is 9.97 Å². The first-order chi connectivity index (χ1) is 8.88. The second kappa shape index (κ2) is 5.47. The Morgan fingerprint density at radius 1 is 1.21 bits per heavy atom. The number of rotatable bonds is 2. The molecule has 0 saturated heterocycles. The van der Waals surface area contributed by atoms with Crippen LogP contribution in [0.2, 0.25) is 5.28 Å². The standard InChI is InChI=1S/C14H15BrClN3/c1-14(2,3)9-6-4-5-7-11(9)18-12-10(15)8-17-13(16)19-12/h4-8H,1-3H3,(H,17,18,19). The zero-order chi connectivity index (χ0) is 14.0. The van der Waals surface area contributed by atoms with E-state index in [-0.39, 0.29) is 10.7 Å². The van der Waals surface area contributed by atoms with E-state index in [1.54, 1.807) is 6.20 Å². The Kier molecular flexibility index (Phi) is 4.11. The summed E-state index contributed by atoms with van der Waals surface area (Å²) in [5.74, 6) is 0.664. The molecule has 1 heterocycles. The van der Waals surface area contributed by atoms with Crippen LogP contribution in [0.25, 0.3) is 0 Å². The first-order valence-corrected chi connectivity index (χ1v) is 7.09. The van der Waals surface area contributed by atoms with Crippen molar-refractivity contribution in [1.82, 2.24) is 9.97 Å². The molecule has 100 valence electrons. The number of hydrogen-bond donors (Lipinski definition) is 1. The summed E-state index contributed by atoms with van der Waals surface area (Å²) in [6, 6.07) is 8.17. The lowest BCUT2D eigenvalue weighted by atomic mass is 9.86. The molecule has 0 aliphatic rings. The maximum atomic E-state index is 5.83. The first kappa shape index (κ1) is 14.3. The van der Waals surface area contributed by atoms with Crippen molar-refractivity contribution in [1.29, 1.82) is 0 Å². The van der Waals surface area contributed by atoms with E-state index in [1.165, 1.54) is 5.56 Å². The minimum atomic E-state index is 0.0485. The van der Waals surface area contributed by atoms with E-state index in [4.69, 9.17) is 11.6 Å². The molecule has 2 rings (SSSR count). The summed E-state index contributed by atoms with van der Waals surface area (Å²) < 4.78 is 0.778. The van der Waals surface area contributed by atoms with Gasteiger partial charge in [0.2, 0.25) is 5.28 Å². The maximum absolute atomic E-state index is 5.83. The lowest BCUT2D eigenvalue weighted by Crippen LogP contribution is -2.13. The van der Waals surface area contributed by atoms with E-state index in [1.807, 2.05) is 18.2 Å². The van der Waals surface area contributed by atoms with Crippen LogP contribution in [0.1, 0.15) is 26.3 Å². The highest BCUT2D eigenvalue weighted by Crippen LogP contribution is 2.32. The number of nitrogens with zero attached hydrogens (tertiary/aromatic N) is 2. The molecule has 0 radical (unpaired) electrons. The highest BCUT2D eigenvalue weighted by atomic mass is 79.9. The van der Waals surface area contributed by atoms with Gasteiger partial charge in [0.05, 0.1) is 4.47 Å². The predicted molar refractivity (Wildman–Crippen MR) is 83.2 cm³/mol. The van der Waals surface area contributed by atoms with Crippen molar-refractivity contribution >= 4 is 39.0 Å². The Morgan fingerprint density at radius 2 is 1.89 bits per heavy atom. The van der Waals surface area contributed by atoms with Gasteiger partial charge in [0.1, 0.15) is 5.82 Å². The molecule has 1 N–H and O–H groups in total. The average molecular weight is 341 g/mol. The second-order valence-corrected chi connectivity index (χ2v) is 6.45. The number of anilines is 2.